The van der Waals surface area contributed by atoms with Crippen LogP contribution in [0.4, 0.5) is 4.39 Å². The molecule has 3 aromatic rings. The Labute approximate surface area is 128 Å². The van der Waals surface area contributed by atoms with Gasteiger partial charge in [-0.2, -0.15) is 11.3 Å². The molecule has 0 spiro atoms. The average molecular weight is 325 g/mol. The van der Waals surface area contributed by atoms with E-state index in [9.17, 15) is 4.39 Å². The molecular weight excluding hydrogens is 318 g/mol. The molecule has 0 aliphatic heterocycles. The van der Waals surface area contributed by atoms with Crippen molar-refractivity contribution in [3.05, 3.63) is 57.2 Å². The molecule has 0 amide bonds. The largest absolute Gasteiger partial charge is 0.216 e. The fourth-order valence-electron chi connectivity index (χ4n) is 1.78. The van der Waals surface area contributed by atoms with E-state index in [0.717, 1.165) is 5.56 Å². The number of benzene rings is 1. The smallest absolute Gasteiger partial charge is 0.163 e. The Bertz CT molecular complexity index is 719. The van der Waals surface area contributed by atoms with E-state index in [1.165, 1.54) is 12.1 Å². The SMILES string of the molecule is Fc1ccc(-c2c(Cl)nc(-c3ccsc3)nc2Cl)cc1. The van der Waals surface area contributed by atoms with Crippen molar-refractivity contribution in [2.24, 2.45) is 0 Å². The summed E-state index contributed by atoms with van der Waals surface area (Å²) in [6.45, 7) is 0. The molecule has 0 aliphatic carbocycles. The van der Waals surface area contributed by atoms with Crippen LogP contribution in [-0.4, -0.2) is 9.97 Å². The van der Waals surface area contributed by atoms with Gasteiger partial charge in [0.05, 0.1) is 5.56 Å². The molecule has 100 valence electrons. The summed E-state index contributed by atoms with van der Waals surface area (Å²) in [4.78, 5) is 8.52. The van der Waals surface area contributed by atoms with E-state index in [-0.39, 0.29) is 16.1 Å². The molecule has 0 aliphatic rings. The van der Waals surface area contributed by atoms with Crippen molar-refractivity contribution in [2.45, 2.75) is 0 Å². The zero-order valence-corrected chi connectivity index (χ0v) is 12.3. The van der Waals surface area contributed by atoms with Crippen molar-refractivity contribution in [1.82, 2.24) is 9.97 Å². The summed E-state index contributed by atoms with van der Waals surface area (Å²) in [7, 11) is 0. The normalized spacial score (nSPS) is 10.8. The lowest BCUT2D eigenvalue weighted by Crippen LogP contribution is -1.94. The number of rotatable bonds is 2. The third kappa shape index (κ3) is 2.54. The van der Waals surface area contributed by atoms with Crippen LogP contribution >= 0.6 is 34.5 Å². The predicted octanol–water partition coefficient (Wildman–Crippen LogP) is 5.32. The number of thiophene rings is 1. The molecule has 0 atom stereocenters. The first-order valence-corrected chi connectivity index (χ1v) is 7.36. The highest BCUT2D eigenvalue weighted by molar-refractivity contribution is 7.08. The van der Waals surface area contributed by atoms with Gasteiger partial charge in [-0.05, 0) is 29.1 Å². The maximum Gasteiger partial charge on any atom is 0.163 e. The summed E-state index contributed by atoms with van der Waals surface area (Å²) < 4.78 is 13.0. The van der Waals surface area contributed by atoms with Crippen LogP contribution in [0.3, 0.4) is 0 Å². The van der Waals surface area contributed by atoms with Gasteiger partial charge in [0.1, 0.15) is 16.1 Å². The summed E-state index contributed by atoms with van der Waals surface area (Å²) in [5.74, 6) is 0.156. The van der Waals surface area contributed by atoms with Crippen molar-refractivity contribution in [1.29, 1.82) is 0 Å². The predicted molar refractivity (Wildman–Crippen MR) is 80.8 cm³/mol. The van der Waals surface area contributed by atoms with Crippen LogP contribution in [0.15, 0.2) is 41.1 Å². The van der Waals surface area contributed by atoms with Crippen LogP contribution in [0.2, 0.25) is 10.3 Å². The van der Waals surface area contributed by atoms with Gasteiger partial charge in [0.2, 0.25) is 0 Å². The van der Waals surface area contributed by atoms with Gasteiger partial charge in [-0.25, -0.2) is 14.4 Å². The van der Waals surface area contributed by atoms with Crippen LogP contribution in [0.1, 0.15) is 0 Å². The molecule has 2 heterocycles. The van der Waals surface area contributed by atoms with Gasteiger partial charge in [-0.3, -0.25) is 0 Å². The minimum absolute atomic E-state index is 0.248. The Kier molecular flexibility index (Phi) is 3.70. The van der Waals surface area contributed by atoms with Crippen LogP contribution in [0.25, 0.3) is 22.5 Å². The van der Waals surface area contributed by atoms with Gasteiger partial charge in [0, 0.05) is 10.9 Å². The highest BCUT2D eigenvalue weighted by atomic mass is 35.5. The zero-order valence-electron chi connectivity index (χ0n) is 9.98. The number of nitrogens with zero attached hydrogens (tertiary/aromatic N) is 2. The lowest BCUT2D eigenvalue weighted by atomic mass is 10.1. The molecule has 0 unspecified atom stereocenters. The highest BCUT2D eigenvalue weighted by Crippen LogP contribution is 2.34. The summed E-state index contributed by atoms with van der Waals surface area (Å²) in [6.07, 6.45) is 0. The topological polar surface area (TPSA) is 25.8 Å². The molecule has 3 rings (SSSR count). The Morgan fingerprint density at radius 3 is 2.10 bits per heavy atom. The highest BCUT2D eigenvalue weighted by Gasteiger charge is 2.14. The quantitative estimate of drug-likeness (QED) is 0.596. The van der Waals surface area contributed by atoms with Crippen LogP contribution in [0, 0.1) is 5.82 Å². The van der Waals surface area contributed by atoms with Crippen LogP contribution in [0.5, 0.6) is 0 Å². The third-order valence-corrected chi connectivity index (χ3v) is 3.96. The van der Waals surface area contributed by atoms with E-state index in [1.807, 2.05) is 16.8 Å². The standard InChI is InChI=1S/C14H7Cl2FN2S/c15-12-11(8-1-3-10(17)4-2-8)13(16)19-14(18-12)9-5-6-20-7-9/h1-7H. The maximum absolute atomic E-state index is 13.0. The lowest BCUT2D eigenvalue weighted by Gasteiger charge is -2.08. The number of aromatic nitrogens is 2. The second-order valence-corrected chi connectivity index (χ2v) is 5.52. The minimum atomic E-state index is -0.322. The fraction of sp³-hybridized carbons (Fsp3) is 0. The van der Waals surface area contributed by atoms with Gasteiger partial charge in [-0.15, -0.1) is 0 Å². The van der Waals surface area contributed by atoms with Crippen molar-refractivity contribution < 1.29 is 4.39 Å². The number of halogens is 3. The van der Waals surface area contributed by atoms with E-state index in [0.29, 0.717) is 17.0 Å². The van der Waals surface area contributed by atoms with Gasteiger partial charge >= 0.3 is 0 Å². The monoisotopic (exact) mass is 324 g/mol. The minimum Gasteiger partial charge on any atom is -0.216 e. The zero-order chi connectivity index (χ0) is 14.1. The second kappa shape index (κ2) is 5.48. The maximum atomic E-state index is 13.0. The van der Waals surface area contributed by atoms with Crippen molar-refractivity contribution in [3.63, 3.8) is 0 Å². The van der Waals surface area contributed by atoms with Crippen molar-refractivity contribution in [3.8, 4) is 22.5 Å². The Hall–Kier alpha value is -1.49. The number of hydrogen-bond acceptors (Lipinski definition) is 3. The van der Waals surface area contributed by atoms with E-state index in [2.05, 4.69) is 9.97 Å². The Morgan fingerprint density at radius 1 is 0.900 bits per heavy atom. The van der Waals surface area contributed by atoms with E-state index in [4.69, 9.17) is 23.2 Å². The van der Waals surface area contributed by atoms with Gasteiger partial charge in [0.15, 0.2) is 5.82 Å². The molecule has 0 radical (unpaired) electrons. The van der Waals surface area contributed by atoms with E-state index < -0.39 is 0 Å². The Balaban J connectivity index is 2.11. The summed E-state index contributed by atoms with van der Waals surface area (Å²) >= 11 is 13.9. The second-order valence-electron chi connectivity index (χ2n) is 4.02. The average Bonchev–Trinajstić information content (AvgIpc) is 2.94. The summed E-state index contributed by atoms with van der Waals surface area (Å²) in [5.41, 5.74) is 2.05. The van der Waals surface area contributed by atoms with Gasteiger partial charge in [0.25, 0.3) is 0 Å². The molecule has 0 bridgehead atoms. The first kappa shape index (κ1) is 13.5. The van der Waals surface area contributed by atoms with Gasteiger partial charge < -0.3 is 0 Å². The van der Waals surface area contributed by atoms with Crippen molar-refractivity contribution >= 4 is 34.5 Å². The van der Waals surface area contributed by atoms with E-state index in [1.54, 1.807) is 23.5 Å². The fourth-order valence-corrected chi connectivity index (χ4v) is 3.02. The molecule has 20 heavy (non-hydrogen) atoms. The van der Waals surface area contributed by atoms with Crippen LogP contribution < -0.4 is 0 Å². The molecule has 0 saturated heterocycles. The molecule has 1 aromatic carbocycles. The first-order chi connectivity index (χ1) is 9.65. The Morgan fingerprint density at radius 2 is 1.55 bits per heavy atom. The molecule has 2 nitrogen and oxygen atoms in total. The van der Waals surface area contributed by atoms with Crippen LogP contribution in [-0.2, 0) is 0 Å². The summed E-state index contributed by atoms with van der Waals surface area (Å²) in [5, 5.41) is 4.34. The number of hydrogen-bond donors (Lipinski definition) is 0. The van der Waals surface area contributed by atoms with E-state index >= 15 is 0 Å². The third-order valence-electron chi connectivity index (χ3n) is 2.73. The molecular formula is C14H7Cl2FN2S. The molecule has 0 fully saturated rings. The molecule has 2 aromatic heterocycles. The lowest BCUT2D eigenvalue weighted by molar-refractivity contribution is 0.628. The first-order valence-electron chi connectivity index (χ1n) is 5.66. The molecule has 0 N–H and O–H groups in total. The molecule has 0 saturated carbocycles. The van der Waals surface area contributed by atoms with Gasteiger partial charge in [-0.1, -0.05) is 35.3 Å². The summed E-state index contributed by atoms with van der Waals surface area (Å²) in [6, 6.07) is 7.76. The van der Waals surface area contributed by atoms with Crippen molar-refractivity contribution in [2.75, 3.05) is 0 Å². The molecule has 6 heteroatoms.